The molecule has 0 aliphatic rings. The molecule has 0 atom stereocenters. The molecule has 1 aromatic heterocycles. The van der Waals surface area contributed by atoms with E-state index in [-0.39, 0.29) is 18.5 Å². The Hall–Kier alpha value is -2.11. The summed E-state index contributed by atoms with van der Waals surface area (Å²) in [6, 6.07) is 2.89. The lowest BCUT2D eigenvalue weighted by molar-refractivity contribution is -0.136. The van der Waals surface area contributed by atoms with Gasteiger partial charge in [0.15, 0.2) is 0 Å². The van der Waals surface area contributed by atoms with Gasteiger partial charge in [0.2, 0.25) is 0 Å². The van der Waals surface area contributed by atoms with Crippen molar-refractivity contribution >= 4 is 11.9 Å². The smallest absolute Gasteiger partial charge is 0.305 e. The van der Waals surface area contributed by atoms with Crippen LogP contribution in [0.3, 0.4) is 0 Å². The first-order valence-electron chi connectivity index (χ1n) is 4.29. The first-order valence-corrected chi connectivity index (χ1v) is 4.29. The molecule has 0 aromatic carbocycles. The number of aromatic nitrogens is 1. The molecule has 6 heteroatoms. The fraction of sp³-hybridized carbons (Fsp3) is 0.222. The molecule has 1 amide bonds. The van der Waals surface area contributed by atoms with Crippen LogP contribution in [-0.2, 0) is 4.79 Å². The van der Waals surface area contributed by atoms with Crippen LogP contribution >= 0.6 is 0 Å². The van der Waals surface area contributed by atoms with Gasteiger partial charge in [-0.1, -0.05) is 0 Å². The van der Waals surface area contributed by atoms with Crippen molar-refractivity contribution in [2.24, 2.45) is 0 Å². The minimum absolute atomic E-state index is 0.00248. The Morgan fingerprint density at radius 3 is 2.80 bits per heavy atom. The number of aliphatic carboxylic acids is 1. The number of hydrogen-bond donors (Lipinski definition) is 3. The molecule has 0 bridgehead atoms. The molecule has 0 saturated carbocycles. The largest absolute Gasteiger partial charge is 0.481 e. The molecule has 6 nitrogen and oxygen atoms in total. The summed E-state index contributed by atoms with van der Waals surface area (Å²) in [6.07, 6.45) is 1.24. The maximum atomic E-state index is 11.3. The van der Waals surface area contributed by atoms with E-state index in [9.17, 15) is 14.4 Å². The molecule has 1 heterocycles. The number of aromatic amines is 1. The highest BCUT2D eigenvalue weighted by Crippen LogP contribution is 1.89. The normalized spacial score (nSPS) is 9.60. The number of carboxylic acid groups (broad SMARTS) is 1. The van der Waals surface area contributed by atoms with E-state index in [1.54, 1.807) is 0 Å². The number of carbonyl (C=O) groups excluding carboxylic acids is 1. The van der Waals surface area contributed by atoms with Crippen molar-refractivity contribution < 1.29 is 14.7 Å². The summed E-state index contributed by atoms with van der Waals surface area (Å²) in [4.78, 5) is 35.0. The molecule has 0 radical (unpaired) electrons. The zero-order chi connectivity index (χ0) is 11.3. The second kappa shape index (κ2) is 4.94. The van der Waals surface area contributed by atoms with Crippen LogP contribution in [0.2, 0.25) is 0 Å². The van der Waals surface area contributed by atoms with Gasteiger partial charge in [0.25, 0.3) is 11.5 Å². The molecule has 1 rings (SSSR count). The van der Waals surface area contributed by atoms with Gasteiger partial charge in [-0.05, 0) is 12.1 Å². The van der Waals surface area contributed by atoms with E-state index < -0.39 is 17.4 Å². The lowest BCUT2D eigenvalue weighted by Crippen LogP contribution is -2.30. The fourth-order valence-corrected chi connectivity index (χ4v) is 0.979. The Labute approximate surface area is 84.9 Å². The van der Waals surface area contributed by atoms with Crippen molar-refractivity contribution in [1.82, 2.24) is 10.3 Å². The number of carbonyl (C=O) groups is 2. The number of nitrogens with one attached hydrogen (secondary N) is 2. The molecular formula is C9H10N2O4. The molecule has 80 valence electrons. The molecule has 0 unspecified atom stereocenters. The lowest BCUT2D eigenvalue weighted by atomic mass is 10.2. The lowest BCUT2D eigenvalue weighted by Gasteiger charge is -2.01. The Morgan fingerprint density at radius 1 is 1.47 bits per heavy atom. The zero-order valence-corrected chi connectivity index (χ0v) is 7.82. The van der Waals surface area contributed by atoms with Crippen molar-refractivity contribution in [2.45, 2.75) is 6.42 Å². The average molecular weight is 210 g/mol. The van der Waals surface area contributed by atoms with Crippen LogP contribution in [0, 0.1) is 0 Å². The summed E-state index contributed by atoms with van der Waals surface area (Å²) in [5.41, 5.74) is -0.520. The van der Waals surface area contributed by atoms with E-state index in [4.69, 9.17) is 5.11 Å². The summed E-state index contributed by atoms with van der Waals surface area (Å²) < 4.78 is 0. The second-order valence-electron chi connectivity index (χ2n) is 2.81. The van der Waals surface area contributed by atoms with E-state index in [1.165, 1.54) is 18.3 Å². The second-order valence-corrected chi connectivity index (χ2v) is 2.81. The van der Waals surface area contributed by atoms with Crippen molar-refractivity contribution in [2.75, 3.05) is 6.54 Å². The molecule has 1 aromatic rings. The average Bonchev–Trinajstić information content (AvgIpc) is 2.17. The number of rotatable bonds is 4. The van der Waals surface area contributed by atoms with Gasteiger partial charge in [-0.25, -0.2) is 0 Å². The van der Waals surface area contributed by atoms with E-state index in [0.717, 1.165) is 0 Å². The summed E-state index contributed by atoms with van der Waals surface area (Å²) >= 11 is 0. The van der Waals surface area contributed by atoms with Crippen LogP contribution < -0.4 is 10.9 Å². The standard InChI is InChI=1S/C9H10N2O4/c12-7(13)3-5-11-9(15)6-2-1-4-10-8(6)14/h1-2,4H,3,5H2,(H,10,14)(H,11,15)(H,12,13). The Morgan fingerprint density at radius 2 is 2.20 bits per heavy atom. The van der Waals surface area contributed by atoms with Gasteiger partial charge in [-0.2, -0.15) is 0 Å². The van der Waals surface area contributed by atoms with E-state index in [0.29, 0.717) is 0 Å². The molecule has 15 heavy (non-hydrogen) atoms. The monoisotopic (exact) mass is 210 g/mol. The SMILES string of the molecule is O=C(O)CCNC(=O)c1ccc[nH]c1=O. The van der Waals surface area contributed by atoms with E-state index >= 15 is 0 Å². The molecule has 0 spiro atoms. The molecular weight excluding hydrogens is 200 g/mol. The zero-order valence-electron chi connectivity index (χ0n) is 7.82. The first kappa shape index (κ1) is 11.0. The maximum absolute atomic E-state index is 11.3. The van der Waals surface area contributed by atoms with Crippen LogP contribution in [0.4, 0.5) is 0 Å². The Kier molecular flexibility index (Phi) is 3.61. The number of carboxylic acids is 1. The van der Waals surface area contributed by atoms with Crippen LogP contribution in [0.1, 0.15) is 16.8 Å². The van der Waals surface area contributed by atoms with Crippen molar-refractivity contribution in [3.8, 4) is 0 Å². The predicted octanol–water partition coefficient (Wildman–Crippen LogP) is -0.421. The number of hydrogen-bond acceptors (Lipinski definition) is 3. The van der Waals surface area contributed by atoms with Crippen LogP contribution in [-0.4, -0.2) is 28.5 Å². The third-order valence-corrected chi connectivity index (χ3v) is 1.69. The van der Waals surface area contributed by atoms with Crippen molar-refractivity contribution in [1.29, 1.82) is 0 Å². The number of pyridine rings is 1. The number of H-pyrrole nitrogens is 1. The fourth-order valence-electron chi connectivity index (χ4n) is 0.979. The van der Waals surface area contributed by atoms with Gasteiger partial charge < -0.3 is 15.4 Å². The van der Waals surface area contributed by atoms with Gasteiger partial charge in [0.05, 0.1) is 6.42 Å². The molecule has 0 aliphatic heterocycles. The molecule has 0 aliphatic carbocycles. The minimum atomic E-state index is -1.00. The predicted molar refractivity (Wildman–Crippen MR) is 51.6 cm³/mol. The van der Waals surface area contributed by atoms with Crippen molar-refractivity contribution in [3.05, 3.63) is 34.2 Å². The Balaban J connectivity index is 2.58. The molecule has 0 fully saturated rings. The van der Waals surface area contributed by atoms with Gasteiger partial charge in [0, 0.05) is 12.7 Å². The van der Waals surface area contributed by atoms with Gasteiger partial charge in [0.1, 0.15) is 5.56 Å². The highest BCUT2D eigenvalue weighted by Gasteiger charge is 2.08. The highest BCUT2D eigenvalue weighted by molar-refractivity contribution is 5.93. The van der Waals surface area contributed by atoms with Gasteiger partial charge in [-0.3, -0.25) is 14.4 Å². The maximum Gasteiger partial charge on any atom is 0.305 e. The topological polar surface area (TPSA) is 99.3 Å². The minimum Gasteiger partial charge on any atom is -0.481 e. The summed E-state index contributed by atoms with van der Waals surface area (Å²) in [7, 11) is 0. The van der Waals surface area contributed by atoms with Gasteiger partial charge in [-0.15, -0.1) is 0 Å². The summed E-state index contributed by atoms with van der Waals surface area (Å²) in [5.74, 6) is -1.57. The van der Waals surface area contributed by atoms with E-state index in [1.807, 2.05) is 0 Å². The third kappa shape index (κ3) is 3.26. The van der Waals surface area contributed by atoms with Gasteiger partial charge >= 0.3 is 5.97 Å². The van der Waals surface area contributed by atoms with Crippen LogP contribution in [0.15, 0.2) is 23.1 Å². The quantitative estimate of drug-likeness (QED) is 0.628. The molecule has 3 N–H and O–H groups in total. The summed E-state index contributed by atoms with van der Waals surface area (Å²) in [5, 5.41) is 10.7. The third-order valence-electron chi connectivity index (χ3n) is 1.69. The van der Waals surface area contributed by atoms with Crippen molar-refractivity contribution in [3.63, 3.8) is 0 Å². The van der Waals surface area contributed by atoms with Crippen LogP contribution in [0.25, 0.3) is 0 Å². The highest BCUT2D eigenvalue weighted by atomic mass is 16.4. The Bertz CT molecular complexity index is 424. The van der Waals surface area contributed by atoms with Crippen LogP contribution in [0.5, 0.6) is 0 Å². The van der Waals surface area contributed by atoms with E-state index in [2.05, 4.69) is 10.3 Å². The number of amides is 1. The first-order chi connectivity index (χ1) is 7.11. The molecule has 0 saturated heterocycles. The summed E-state index contributed by atoms with van der Waals surface area (Å²) in [6.45, 7) is 0.00248.